The lowest BCUT2D eigenvalue weighted by atomic mass is 10.1. The zero-order valence-corrected chi connectivity index (χ0v) is 10.5. The minimum Gasteiger partial charge on any atom is -0.348 e. The number of nitrogens with zero attached hydrogens (tertiary/aromatic N) is 2. The second kappa shape index (κ2) is 4.80. The largest absolute Gasteiger partial charge is 0.348 e. The molecule has 0 fully saturated rings. The summed E-state index contributed by atoms with van der Waals surface area (Å²) in [7, 11) is 0. The Hall–Kier alpha value is -1.13. The maximum absolute atomic E-state index is 5.98. The van der Waals surface area contributed by atoms with Crippen molar-refractivity contribution >= 4 is 11.3 Å². The van der Waals surface area contributed by atoms with Gasteiger partial charge in [-0.3, -0.25) is 0 Å². The molecule has 0 spiro atoms. The van der Waals surface area contributed by atoms with Crippen LogP contribution in [0.25, 0.3) is 0 Å². The van der Waals surface area contributed by atoms with Crippen molar-refractivity contribution in [3.63, 3.8) is 0 Å². The van der Waals surface area contributed by atoms with Gasteiger partial charge >= 0.3 is 0 Å². The highest BCUT2D eigenvalue weighted by Crippen LogP contribution is 2.15. The number of aromatic nitrogens is 2. The van der Waals surface area contributed by atoms with Gasteiger partial charge in [0, 0.05) is 23.8 Å². The lowest BCUT2D eigenvalue weighted by Gasteiger charge is -2.05. The molecule has 4 heteroatoms. The molecule has 0 bridgehead atoms. The summed E-state index contributed by atoms with van der Waals surface area (Å²) in [5, 5.41) is 3.22. The van der Waals surface area contributed by atoms with E-state index in [1.807, 2.05) is 6.92 Å². The van der Waals surface area contributed by atoms with Crippen molar-refractivity contribution in [3.05, 3.63) is 40.1 Å². The Kier molecular flexibility index (Phi) is 3.41. The van der Waals surface area contributed by atoms with Gasteiger partial charge in [0.25, 0.3) is 0 Å². The average Bonchev–Trinajstić information content (AvgIpc) is 2.87. The van der Waals surface area contributed by atoms with Crippen LogP contribution in [-0.2, 0) is 6.54 Å². The van der Waals surface area contributed by atoms with Gasteiger partial charge in [0.2, 0.25) is 0 Å². The van der Waals surface area contributed by atoms with E-state index < -0.39 is 0 Å². The normalized spacial score (nSPS) is 12.9. The molecule has 0 saturated carbocycles. The van der Waals surface area contributed by atoms with Crippen LogP contribution >= 0.6 is 11.3 Å². The van der Waals surface area contributed by atoms with Crippen molar-refractivity contribution in [1.29, 1.82) is 0 Å². The van der Waals surface area contributed by atoms with Gasteiger partial charge in [-0.15, -0.1) is 11.3 Å². The first-order chi connectivity index (χ1) is 7.69. The lowest BCUT2D eigenvalue weighted by molar-refractivity contribution is 0.691. The van der Waals surface area contributed by atoms with E-state index in [0.717, 1.165) is 23.7 Å². The van der Waals surface area contributed by atoms with E-state index in [1.165, 1.54) is 5.56 Å². The molecule has 2 aromatic rings. The summed E-state index contributed by atoms with van der Waals surface area (Å²) in [6.45, 7) is 4.97. The zero-order chi connectivity index (χ0) is 11.5. The molecule has 2 heterocycles. The Labute approximate surface area is 99.9 Å². The van der Waals surface area contributed by atoms with E-state index in [0.29, 0.717) is 0 Å². The fourth-order valence-electron chi connectivity index (χ4n) is 1.68. The third kappa shape index (κ3) is 2.51. The van der Waals surface area contributed by atoms with Crippen LogP contribution in [0.3, 0.4) is 0 Å². The molecule has 0 aromatic carbocycles. The minimum atomic E-state index is 0.151. The van der Waals surface area contributed by atoms with Crippen LogP contribution in [0.5, 0.6) is 0 Å². The van der Waals surface area contributed by atoms with Crippen molar-refractivity contribution in [1.82, 2.24) is 9.55 Å². The third-order valence-electron chi connectivity index (χ3n) is 2.65. The van der Waals surface area contributed by atoms with E-state index in [1.54, 1.807) is 11.3 Å². The van der Waals surface area contributed by atoms with Crippen molar-refractivity contribution in [3.8, 4) is 0 Å². The maximum Gasteiger partial charge on any atom is 0.0898 e. The van der Waals surface area contributed by atoms with Gasteiger partial charge in [0.15, 0.2) is 0 Å². The van der Waals surface area contributed by atoms with Gasteiger partial charge in [-0.2, -0.15) is 0 Å². The van der Waals surface area contributed by atoms with Crippen LogP contribution in [0.4, 0.5) is 0 Å². The van der Waals surface area contributed by atoms with Crippen molar-refractivity contribution < 1.29 is 0 Å². The van der Waals surface area contributed by atoms with Gasteiger partial charge in [-0.25, -0.2) is 4.98 Å². The molecule has 0 aliphatic rings. The molecule has 2 aromatic heterocycles. The molecule has 16 heavy (non-hydrogen) atoms. The predicted molar refractivity (Wildman–Crippen MR) is 67.6 cm³/mol. The number of hydrogen-bond acceptors (Lipinski definition) is 3. The van der Waals surface area contributed by atoms with Crippen LogP contribution in [0.15, 0.2) is 23.8 Å². The van der Waals surface area contributed by atoms with Crippen molar-refractivity contribution in [2.45, 2.75) is 32.9 Å². The SMILES string of the molecule is CCC(N)c1ccn(Cc2csc(C)n2)c1. The van der Waals surface area contributed by atoms with Gasteiger partial charge < -0.3 is 10.3 Å². The molecule has 2 N–H and O–H groups in total. The molecule has 0 aliphatic carbocycles. The fraction of sp³-hybridized carbons (Fsp3) is 0.417. The molecule has 0 aliphatic heterocycles. The summed E-state index contributed by atoms with van der Waals surface area (Å²) in [5.41, 5.74) is 8.30. The molecule has 0 saturated heterocycles. The van der Waals surface area contributed by atoms with Crippen LogP contribution in [0.2, 0.25) is 0 Å². The van der Waals surface area contributed by atoms with E-state index in [-0.39, 0.29) is 6.04 Å². The van der Waals surface area contributed by atoms with Gasteiger partial charge in [-0.05, 0) is 25.0 Å². The first kappa shape index (κ1) is 11.4. The molecule has 2 rings (SSSR count). The number of nitrogens with two attached hydrogens (primary N) is 1. The summed E-state index contributed by atoms with van der Waals surface area (Å²) in [4.78, 5) is 4.45. The zero-order valence-electron chi connectivity index (χ0n) is 9.68. The molecule has 0 radical (unpaired) electrons. The Morgan fingerprint density at radius 1 is 1.56 bits per heavy atom. The topological polar surface area (TPSA) is 43.8 Å². The quantitative estimate of drug-likeness (QED) is 0.885. The Bertz CT molecular complexity index is 458. The highest BCUT2D eigenvalue weighted by atomic mass is 32.1. The van der Waals surface area contributed by atoms with Crippen LogP contribution in [0, 0.1) is 6.92 Å². The highest BCUT2D eigenvalue weighted by Gasteiger charge is 2.06. The van der Waals surface area contributed by atoms with Crippen LogP contribution in [0.1, 0.15) is 35.7 Å². The molecule has 3 nitrogen and oxygen atoms in total. The van der Waals surface area contributed by atoms with Crippen molar-refractivity contribution in [2.75, 3.05) is 0 Å². The molecule has 1 unspecified atom stereocenters. The number of thiazole rings is 1. The van der Waals surface area contributed by atoms with Crippen LogP contribution in [-0.4, -0.2) is 9.55 Å². The summed E-state index contributed by atoms with van der Waals surface area (Å²) in [5.74, 6) is 0. The predicted octanol–water partition coefficient (Wildman–Crippen LogP) is 2.71. The molecule has 86 valence electrons. The molecular formula is C12H17N3S. The molecular weight excluding hydrogens is 218 g/mol. The van der Waals surface area contributed by atoms with E-state index in [2.05, 4.69) is 40.3 Å². The smallest absolute Gasteiger partial charge is 0.0898 e. The fourth-order valence-corrected chi connectivity index (χ4v) is 2.28. The number of rotatable bonds is 4. The molecule has 0 amide bonds. The first-order valence-electron chi connectivity index (χ1n) is 5.51. The van der Waals surface area contributed by atoms with Crippen LogP contribution < -0.4 is 5.73 Å². The Balaban J connectivity index is 2.08. The minimum absolute atomic E-state index is 0.151. The Morgan fingerprint density at radius 2 is 2.38 bits per heavy atom. The highest BCUT2D eigenvalue weighted by molar-refractivity contribution is 7.09. The summed E-state index contributed by atoms with van der Waals surface area (Å²) >= 11 is 1.69. The molecule has 1 atom stereocenters. The number of aryl methyl sites for hydroxylation is 1. The van der Waals surface area contributed by atoms with E-state index in [9.17, 15) is 0 Å². The average molecular weight is 235 g/mol. The van der Waals surface area contributed by atoms with Crippen molar-refractivity contribution in [2.24, 2.45) is 5.73 Å². The third-order valence-corrected chi connectivity index (χ3v) is 3.47. The van der Waals surface area contributed by atoms with Gasteiger partial charge in [0.1, 0.15) is 0 Å². The summed E-state index contributed by atoms with van der Waals surface area (Å²) < 4.78 is 2.14. The number of hydrogen-bond donors (Lipinski definition) is 1. The summed E-state index contributed by atoms with van der Waals surface area (Å²) in [6, 6.07) is 2.24. The second-order valence-electron chi connectivity index (χ2n) is 3.99. The van der Waals surface area contributed by atoms with Gasteiger partial charge in [0.05, 0.1) is 17.2 Å². The van der Waals surface area contributed by atoms with Gasteiger partial charge in [-0.1, -0.05) is 6.92 Å². The van der Waals surface area contributed by atoms with E-state index in [4.69, 9.17) is 5.73 Å². The first-order valence-corrected chi connectivity index (χ1v) is 6.39. The second-order valence-corrected chi connectivity index (χ2v) is 5.05. The van der Waals surface area contributed by atoms with E-state index >= 15 is 0 Å². The Morgan fingerprint density at radius 3 is 3.00 bits per heavy atom. The summed E-state index contributed by atoms with van der Waals surface area (Å²) in [6.07, 6.45) is 5.15. The monoisotopic (exact) mass is 235 g/mol. The standard InChI is InChI=1S/C12H17N3S/c1-3-12(13)10-4-5-15(6-10)7-11-8-16-9(2)14-11/h4-6,8,12H,3,7,13H2,1-2H3. The lowest BCUT2D eigenvalue weighted by Crippen LogP contribution is -2.07. The maximum atomic E-state index is 5.98.